The molecule has 1 aliphatic rings. The van der Waals surface area contributed by atoms with Crippen molar-refractivity contribution < 1.29 is 9.53 Å². The van der Waals surface area contributed by atoms with Gasteiger partial charge >= 0.3 is 0 Å². The van der Waals surface area contributed by atoms with Crippen LogP contribution in [0.25, 0.3) is 0 Å². The molecule has 0 spiro atoms. The van der Waals surface area contributed by atoms with Gasteiger partial charge in [-0.15, -0.1) is 0 Å². The van der Waals surface area contributed by atoms with Crippen molar-refractivity contribution in [2.24, 2.45) is 0 Å². The van der Waals surface area contributed by atoms with Gasteiger partial charge in [-0.3, -0.25) is 4.79 Å². The maximum absolute atomic E-state index is 11.3. The monoisotopic (exact) mass is 262 g/mol. The third kappa shape index (κ3) is 3.47. The summed E-state index contributed by atoms with van der Waals surface area (Å²) in [7, 11) is 2.16. The largest absolute Gasteiger partial charge is 0.493 e. The normalized spacial score (nSPS) is 19.6. The molecular weight excluding hydrogens is 240 g/mol. The van der Waals surface area contributed by atoms with Crippen LogP contribution in [-0.4, -0.2) is 36.9 Å². The Labute approximate surface area is 114 Å². The first-order valence-corrected chi connectivity index (χ1v) is 6.81. The SMILES string of the molecule is CC(=O)c1ccc(OCCC2CCCN2C)cc1N. The lowest BCUT2D eigenvalue weighted by molar-refractivity contribution is 0.101. The number of carbonyl (C=O) groups is 1. The number of hydrogen-bond donors (Lipinski definition) is 1. The van der Waals surface area contributed by atoms with Crippen LogP contribution in [0.15, 0.2) is 18.2 Å². The van der Waals surface area contributed by atoms with E-state index >= 15 is 0 Å². The number of nitrogens with two attached hydrogens (primary N) is 1. The smallest absolute Gasteiger partial charge is 0.161 e. The van der Waals surface area contributed by atoms with Crippen LogP contribution in [-0.2, 0) is 0 Å². The first-order valence-electron chi connectivity index (χ1n) is 6.81. The lowest BCUT2D eigenvalue weighted by Crippen LogP contribution is -2.26. The molecule has 1 saturated heterocycles. The Balaban J connectivity index is 1.86. The molecule has 0 radical (unpaired) electrons. The van der Waals surface area contributed by atoms with E-state index in [4.69, 9.17) is 10.5 Å². The van der Waals surface area contributed by atoms with Crippen molar-refractivity contribution >= 4 is 11.5 Å². The Hall–Kier alpha value is -1.55. The quantitative estimate of drug-likeness (QED) is 0.653. The highest BCUT2D eigenvalue weighted by atomic mass is 16.5. The van der Waals surface area contributed by atoms with Gasteiger partial charge in [-0.05, 0) is 51.9 Å². The highest BCUT2D eigenvalue weighted by molar-refractivity contribution is 5.99. The predicted molar refractivity (Wildman–Crippen MR) is 76.6 cm³/mol. The first-order chi connectivity index (χ1) is 9.08. The van der Waals surface area contributed by atoms with Crippen molar-refractivity contribution in [2.45, 2.75) is 32.2 Å². The summed E-state index contributed by atoms with van der Waals surface area (Å²) < 4.78 is 5.71. The van der Waals surface area contributed by atoms with Gasteiger partial charge in [-0.2, -0.15) is 0 Å². The first kappa shape index (κ1) is 13.9. The van der Waals surface area contributed by atoms with Gasteiger partial charge < -0.3 is 15.4 Å². The van der Waals surface area contributed by atoms with Crippen LogP contribution < -0.4 is 10.5 Å². The van der Waals surface area contributed by atoms with E-state index in [2.05, 4.69) is 11.9 Å². The number of anilines is 1. The Kier molecular flexibility index (Phi) is 4.43. The Morgan fingerprint density at radius 2 is 2.32 bits per heavy atom. The van der Waals surface area contributed by atoms with E-state index < -0.39 is 0 Å². The fraction of sp³-hybridized carbons (Fsp3) is 0.533. The predicted octanol–water partition coefficient (Wildman–Crippen LogP) is 2.33. The van der Waals surface area contributed by atoms with Crippen molar-refractivity contribution in [1.29, 1.82) is 0 Å². The number of ether oxygens (including phenoxy) is 1. The molecule has 104 valence electrons. The molecule has 0 amide bonds. The van der Waals surface area contributed by atoms with Gasteiger partial charge in [-0.25, -0.2) is 0 Å². The zero-order chi connectivity index (χ0) is 13.8. The Morgan fingerprint density at radius 3 is 2.89 bits per heavy atom. The average Bonchev–Trinajstić information content (AvgIpc) is 2.75. The second-order valence-electron chi connectivity index (χ2n) is 5.22. The molecular formula is C15H22N2O2. The van der Waals surface area contributed by atoms with E-state index in [0.717, 1.165) is 12.2 Å². The fourth-order valence-corrected chi connectivity index (χ4v) is 2.61. The van der Waals surface area contributed by atoms with Crippen molar-refractivity contribution in [2.75, 3.05) is 25.9 Å². The van der Waals surface area contributed by atoms with Gasteiger partial charge in [0, 0.05) is 23.4 Å². The van der Waals surface area contributed by atoms with Gasteiger partial charge in [0.15, 0.2) is 5.78 Å². The van der Waals surface area contributed by atoms with Crippen LogP contribution in [0.1, 0.15) is 36.5 Å². The second kappa shape index (κ2) is 6.06. The molecule has 0 saturated carbocycles. The number of benzene rings is 1. The van der Waals surface area contributed by atoms with Gasteiger partial charge in [0.2, 0.25) is 0 Å². The maximum atomic E-state index is 11.3. The molecule has 0 aromatic heterocycles. The minimum absolute atomic E-state index is 0.0170. The average molecular weight is 262 g/mol. The van der Waals surface area contributed by atoms with Gasteiger partial charge in [0.1, 0.15) is 5.75 Å². The molecule has 1 fully saturated rings. The molecule has 2 rings (SSSR count). The molecule has 1 heterocycles. The van der Waals surface area contributed by atoms with Gasteiger partial charge in [-0.1, -0.05) is 0 Å². The minimum Gasteiger partial charge on any atom is -0.493 e. The van der Waals surface area contributed by atoms with E-state index in [-0.39, 0.29) is 5.78 Å². The molecule has 1 aliphatic heterocycles. The molecule has 4 heteroatoms. The summed E-state index contributed by atoms with van der Waals surface area (Å²) in [5.41, 5.74) is 6.88. The number of nitrogens with zero attached hydrogens (tertiary/aromatic N) is 1. The molecule has 1 unspecified atom stereocenters. The summed E-state index contributed by atoms with van der Waals surface area (Å²) >= 11 is 0. The van der Waals surface area contributed by atoms with Gasteiger partial charge in [0.25, 0.3) is 0 Å². The lowest BCUT2D eigenvalue weighted by atomic mass is 10.1. The fourth-order valence-electron chi connectivity index (χ4n) is 2.61. The molecule has 2 N–H and O–H groups in total. The lowest BCUT2D eigenvalue weighted by Gasteiger charge is -2.19. The molecule has 1 aromatic carbocycles. The highest BCUT2D eigenvalue weighted by Crippen LogP contribution is 2.22. The summed E-state index contributed by atoms with van der Waals surface area (Å²) in [5.74, 6) is 0.722. The van der Waals surface area contributed by atoms with Crippen LogP contribution >= 0.6 is 0 Å². The third-order valence-corrected chi connectivity index (χ3v) is 3.79. The maximum Gasteiger partial charge on any atom is 0.161 e. The molecule has 4 nitrogen and oxygen atoms in total. The van der Waals surface area contributed by atoms with Crippen molar-refractivity contribution in [3.63, 3.8) is 0 Å². The summed E-state index contributed by atoms with van der Waals surface area (Å²) in [4.78, 5) is 13.7. The summed E-state index contributed by atoms with van der Waals surface area (Å²) in [6.45, 7) is 3.39. The second-order valence-corrected chi connectivity index (χ2v) is 5.22. The topological polar surface area (TPSA) is 55.6 Å². The molecule has 19 heavy (non-hydrogen) atoms. The van der Waals surface area contributed by atoms with E-state index in [9.17, 15) is 4.79 Å². The number of ketones is 1. The van der Waals surface area contributed by atoms with Crippen LogP contribution in [0.3, 0.4) is 0 Å². The van der Waals surface area contributed by atoms with Crippen molar-refractivity contribution in [3.05, 3.63) is 23.8 Å². The highest BCUT2D eigenvalue weighted by Gasteiger charge is 2.20. The van der Waals surface area contributed by atoms with Gasteiger partial charge in [0.05, 0.1) is 6.61 Å². The summed E-state index contributed by atoms with van der Waals surface area (Å²) in [6.07, 6.45) is 3.57. The zero-order valence-corrected chi connectivity index (χ0v) is 11.7. The molecule has 1 aromatic rings. The Bertz CT molecular complexity index is 459. The summed E-state index contributed by atoms with van der Waals surface area (Å²) in [5, 5.41) is 0. The van der Waals surface area contributed by atoms with Crippen LogP contribution in [0.4, 0.5) is 5.69 Å². The van der Waals surface area contributed by atoms with E-state index in [1.54, 1.807) is 12.1 Å². The number of likely N-dealkylation sites (tertiary alicyclic amines) is 1. The molecule has 0 aliphatic carbocycles. The van der Waals surface area contributed by atoms with E-state index in [1.165, 1.54) is 26.3 Å². The number of Topliss-reactive ketones (excluding diaryl/α,β-unsaturated/α-hetero) is 1. The van der Waals surface area contributed by atoms with Crippen molar-refractivity contribution in [3.8, 4) is 5.75 Å². The molecule has 1 atom stereocenters. The standard InChI is InChI=1S/C15H22N2O2/c1-11(18)14-6-5-13(10-15(14)16)19-9-7-12-4-3-8-17(12)2/h5-6,10,12H,3-4,7-9,16H2,1-2H3. The van der Waals surface area contributed by atoms with E-state index in [0.29, 0.717) is 23.9 Å². The number of rotatable bonds is 5. The van der Waals surface area contributed by atoms with E-state index in [1.807, 2.05) is 6.07 Å². The summed E-state index contributed by atoms with van der Waals surface area (Å²) in [6, 6.07) is 5.91. The molecule has 0 bridgehead atoms. The van der Waals surface area contributed by atoms with Crippen LogP contribution in [0.2, 0.25) is 0 Å². The number of nitrogen functional groups attached to an aromatic ring is 1. The van der Waals surface area contributed by atoms with Crippen LogP contribution in [0.5, 0.6) is 5.75 Å². The van der Waals surface area contributed by atoms with Crippen molar-refractivity contribution in [1.82, 2.24) is 4.90 Å². The zero-order valence-electron chi connectivity index (χ0n) is 11.7. The minimum atomic E-state index is -0.0170. The number of carbonyl (C=O) groups excluding carboxylic acids is 1. The van der Waals surface area contributed by atoms with Crippen LogP contribution in [0, 0.1) is 0 Å². The third-order valence-electron chi connectivity index (χ3n) is 3.79. The Morgan fingerprint density at radius 1 is 1.53 bits per heavy atom. The number of hydrogen-bond acceptors (Lipinski definition) is 4.